The predicted octanol–water partition coefficient (Wildman–Crippen LogP) is 5.28. The third kappa shape index (κ3) is 5.12. The van der Waals surface area contributed by atoms with Crippen LogP contribution in [0.2, 0.25) is 0 Å². The number of hydrogen-bond acceptors (Lipinski definition) is 6. The van der Waals surface area contributed by atoms with E-state index in [4.69, 9.17) is 9.47 Å². The number of amides is 1. The van der Waals surface area contributed by atoms with E-state index in [-0.39, 0.29) is 49.0 Å². The second-order valence-corrected chi connectivity index (χ2v) is 10.2. The molecule has 0 aromatic heterocycles. The first-order chi connectivity index (χ1) is 20.1. The van der Waals surface area contributed by atoms with E-state index in [1.165, 1.54) is 6.07 Å². The summed E-state index contributed by atoms with van der Waals surface area (Å²) in [6, 6.07) is 23.5. The average Bonchev–Trinajstić information content (AvgIpc) is 3.02. The van der Waals surface area contributed by atoms with Crippen LogP contribution in [-0.2, 0) is 16.1 Å². The van der Waals surface area contributed by atoms with Gasteiger partial charge in [-0.15, -0.1) is 0 Å². The molecule has 0 aliphatic carbocycles. The summed E-state index contributed by atoms with van der Waals surface area (Å²) in [6.07, 6.45) is 6.59. The van der Waals surface area contributed by atoms with E-state index in [0.29, 0.717) is 12.0 Å². The maximum Gasteiger partial charge on any atom is 0.277 e. The van der Waals surface area contributed by atoms with Crippen LogP contribution in [0.3, 0.4) is 0 Å². The van der Waals surface area contributed by atoms with Crippen LogP contribution in [0.4, 0.5) is 4.39 Å². The lowest BCUT2D eigenvalue weighted by atomic mass is 9.96. The molecule has 8 heteroatoms. The summed E-state index contributed by atoms with van der Waals surface area (Å²) in [5, 5.41) is 14.8. The summed E-state index contributed by atoms with van der Waals surface area (Å²) in [5.74, 6) is -0.375. The monoisotopic (exact) mass is 553 g/mol. The van der Waals surface area contributed by atoms with Crippen LogP contribution in [0, 0.1) is 5.82 Å². The number of benzene rings is 3. The first kappa shape index (κ1) is 26.8. The number of carbonyl (C=O) groups excluding carboxylic acids is 1. The Bertz CT molecular complexity index is 1490. The zero-order chi connectivity index (χ0) is 28.3. The fourth-order valence-electron chi connectivity index (χ4n) is 5.62. The van der Waals surface area contributed by atoms with E-state index in [0.717, 1.165) is 11.1 Å². The van der Waals surface area contributed by atoms with Crippen molar-refractivity contribution in [3.63, 3.8) is 0 Å². The number of fused-ring (bicyclic) bond motifs is 5. The zero-order valence-electron chi connectivity index (χ0n) is 22.8. The maximum atomic E-state index is 15.3. The number of aliphatic hydroxyl groups excluding tert-OH is 1. The third-order valence-electron chi connectivity index (χ3n) is 7.62. The lowest BCUT2D eigenvalue weighted by molar-refractivity contribution is -0.153. The van der Waals surface area contributed by atoms with Gasteiger partial charge in [0.05, 0.1) is 18.8 Å². The van der Waals surface area contributed by atoms with E-state index in [2.05, 4.69) is 0 Å². The number of nitrogens with zero attached hydrogens (tertiary/aromatic N) is 3. The van der Waals surface area contributed by atoms with Crippen molar-refractivity contribution in [2.24, 2.45) is 0 Å². The summed E-state index contributed by atoms with van der Waals surface area (Å²) in [4.78, 5) is 16.0. The van der Waals surface area contributed by atoms with Crippen molar-refractivity contribution in [3.8, 4) is 5.75 Å². The van der Waals surface area contributed by atoms with Crippen LogP contribution in [0.25, 0.3) is 0 Å². The second kappa shape index (κ2) is 11.6. The first-order valence-corrected chi connectivity index (χ1v) is 13.8. The molecule has 1 N–H and O–H groups in total. The smallest absolute Gasteiger partial charge is 0.277 e. The van der Waals surface area contributed by atoms with Gasteiger partial charge in [-0.1, -0.05) is 85.8 Å². The van der Waals surface area contributed by atoms with Gasteiger partial charge in [0.25, 0.3) is 5.91 Å². The molecule has 1 saturated heterocycles. The first-order valence-electron chi connectivity index (χ1n) is 13.8. The highest BCUT2D eigenvalue weighted by molar-refractivity contribution is 5.95. The Morgan fingerprint density at radius 1 is 1.00 bits per heavy atom. The topological polar surface area (TPSA) is 65.5 Å². The quantitative estimate of drug-likeness (QED) is 0.434. The van der Waals surface area contributed by atoms with Gasteiger partial charge in [-0.3, -0.25) is 9.80 Å². The number of halogens is 1. The molecular formula is C33H32FN3O4. The van der Waals surface area contributed by atoms with Gasteiger partial charge < -0.3 is 19.5 Å². The van der Waals surface area contributed by atoms with Crippen LogP contribution in [0.5, 0.6) is 5.75 Å². The Labute approximate surface area is 239 Å². The molecule has 2 bridgehead atoms. The van der Waals surface area contributed by atoms with Gasteiger partial charge in [-0.2, -0.15) is 5.01 Å². The molecular weight excluding hydrogens is 521 g/mol. The molecule has 6 rings (SSSR count). The Hall–Kier alpha value is -4.40. The van der Waals surface area contributed by atoms with Crippen LogP contribution in [0.1, 0.15) is 36.1 Å². The van der Waals surface area contributed by atoms with Gasteiger partial charge in [-0.25, -0.2) is 4.39 Å². The van der Waals surface area contributed by atoms with Gasteiger partial charge in [0.2, 0.25) is 0 Å². The summed E-state index contributed by atoms with van der Waals surface area (Å²) in [5.41, 5.74) is 2.66. The second-order valence-electron chi connectivity index (χ2n) is 10.2. The number of aliphatic hydroxyl groups is 1. The van der Waals surface area contributed by atoms with Crippen LogP contribution >= 0.6 is 0 Å². The molecule has 0 spiro atoms. The molecule has 1 fully saturated rings. The van der Waals surface area contributed by atoms with E-state index < -0.39 is 18.0 Å². The van der Waals surface area contributed by atoms with Gasteiger partial charge in [0, 0.05) is 11.8 Å². The average molecular weight is 554 g/mol. The molecule has 0 saturated carbocycles. The predicted molar refractivity (Wildman–Crippen MR) is 152 cm³/mol. The fourth-order valence-corrected chi connectivity index (χ4v) is 5.62. The molecule has 3 aromatic carbocycles. The molecule has 3 aromatic rings. The minimum Gasteiger partial charge on any atom is -0.488 e. The molecule has 7 nitrogen and oxygen atoms in total. The Morgan fingerprint density at radius 3 is 2.51 bits per heavy atom. The minimum absolute atomic E-state index is 0.157. The van der Waals surface area contributed by atoms with Crippen molar-refractivity contribution in [1.82, 2.24) is 14.9 Å². The summed E-state index contributed by atoms with van der Waals surface area (Å²) in [6.45, 7) is 2.57. The van der Waals surface area contributed by atoms with Crippen LogP contribution < -0.4 is 4.74 Å². The molecule has 3 aliphatic rings. The number of hydrazine groups is 1. The van der Waals surface area contributed by atoms with E-state index >= 15 is 4.39 Å². The van der Waals surface area contributed by atoms with Gasteiger partial charge in [0.1, 0.15) is 19.3 Å². The number of ether oxygens (including phenoxy) is 2. The van der Waals surface area contributed by atoms with Gasteiger partial charge >= 0.3 is 0 Å². The van der Waals surface area contributed by atoms with Crippen molar-refractivity contribution in [2.75, 3.05) is 13.3 Å². The van der Waals surface area contributed by atoms with Crippen molar-refractivity contribution in [1.29, 1.82) is 0 Å². The SMILES string of the molecule is CC[C@H]1/C=C/COc2c(F)cccc2[C@@H](c2ccccc2)N2CN1C(=O)C1=C(OCc3ccccc3)C(O)C=CN12. The molecule has 0 radical (unpaired) electrons. The molecule has 3 heterocycles. The van der Waals surface area contributed by atoms with Crippen molar-refractivity contribution >= 4 is 5.91 Å². The fraction of sp³-hybridized carbons (Fsp3) is 0.242. The lowest BCUT2D eigenvalue weighted by Crippen LogP contribution is -2.60. The molecule has 3 aliphatic heterocycles. The van der Waals surface area contributed by atoms with E-state index in [1.54, 1.807) is 28.3 Å². The standard InChI is InChI=1S/C33H32FN3O4/c1-2-25-15-10-20-40-31-26(16-9-17-27(31)34)29(24-13-7-4-8-14-24)37-22-35(25)33(39)30-32(28(38)18-19-36(30)37)41-21-23-11-5-3-6-12-23/h3-19,25,28-29,38H,2,20-22H2,1H3/b15-10+/t25-,28?,29+/m0/s1. The summed E-state index contributed by atoms with van der Waals surface area (Å²) in [7, 11) is 0. The number of carbonyl (C=O) groups is 1. The summed E-state index contributed by atoms with van der Waals surface area (Å²) < 4.78 is 27.5. The normalized spacial score (nSPS) is 24.6. The highest BCUT2D eigenvalue weighted by atomic mass is 19.1. The van der Waals surface area contributed by atoms with Crippen molar-refractivity contribution in [3.05, 3.63) is 137 Å². The van der Waals surface area contributed by atoms with E-state index in [1.807, 2.05) is 90.8 Å². The third-order valence-corrected chi connectivity index (χ3v) is 7.62. The van der Waals surface area contributed by atoms with Crippen molar-refractivity contribution < 1.29 is 23.8 Å². The molecule has 2 unspecified atom stereocenters. The zero-order valence-corrected chi connectivity index (χ0v) is 22.8. The minimum atomic E-state index is -1.11. The Balaban J connectivity index is 1.54. The Kier molecular flexibility index (Phi) is 7.59. The number of hydrogen-bond donors (Lipinski definition) is 1. The number of para-hydroxylation sites is 1. The van der Waals surface area contributed by atoms with Crippen LogP contribution in [0.15, 0.2) is 115 Å². The van der Waals surface area contributed by atoms with Gasteiger partial charge in [-0.05, 0) is 35.8 Å². The maximum absolute atomic E-state index is 15.3. The molecule has 41 heavy (non-hydrogen) atoms. The molecule has 4 atom stereocenters. The molecule has 1 amide bonds. The largest absolute Gasteiger partial charge is 0.488 e. The van der Waals surface area contributed by atoms with E-state index in [9.17, 15) is 9.90 Å². The van der Waals surface area contributed by atoms with Crippen LogP contribution in [-0.4, -0.2) is 51.4 Å². The summed E-state index contributed by atoms with van der Waals surface area (Å²) >= 11 is 0. The molecule has 210 valence electrons. The van der Waals surface area contributed by atoms with Crippen molar-refractivity contribution in [2.45, 2.75) is 38.1 Å². The highest BCUT2D eigenvalue weighted by Crippen LogP contribution is 2.42. The lowest BCUT2D eigenvalue weighted by Gasteiger charge is -2.50. The Morgan fingerprint density at radius 2 is 1.76 bits per heavy atom. The number of rotatable bonds is 5. The highest BCUT2D eigenvalue weighted by Gasteiger charge is 2.45. The van der Waals surface area contributed by atoms with Gasteiger partial charge in [0.15, 0.2) is 23.0 Å².